The van der Waals surface area contributed by atoms with Gasteiger partial charge in [-0.05, 0) is 23.8 Å². The Labute approximate surface area is 140 Å². The summed E-state index contributed by atoms with van der Waals surface area (Å²) in [4.78, 5) is 0. The SMILES string of the molecule is Fc1c(-c2ccc3c(c2)OCO3)ccn2c(CC3CC3(F)F)nnc12. The van der Waals surface area contributed by atoms with E-state index in [0.29, 0.717) is 28.5 Å². The first-order chi connectivity index (χ1) is 12.0. The summed E-state index contributed by atoms with van der Waals surface area (Å²) in [6.07, 6.45) is 1.53. The highest BCUT2D eigenvalue weighted by atomic mass is 19.3. The summed E-state index contributed by atoms with van der Waals surface area (Å²) in [6.45, 7) is 0.139. The average Bonchev–Trinajstić information content (AvgIpc) is 2.98. The fourth-order valence-electron chi connectivity index (χ4n) is 3.11. The van der Waals surface area contributed by atoms with Crippen molar-refractivity contribution in [2.24, 2.45) is 5.92 Å². The van der Waals surface area contributed by atoms with Crippen LogP contribution in [0.15, 0.2) is 30.5 Å². The molecule has 2 aliphatic rings. The molecule has 0 saturated heterocycles. The summed E-state index contributed by atoms with van der Waals surface area (Å²) in [7, 11) is 0. The molecule has 128 valence electrons. The smallest absolute Gasteiger partial charge is 0.252 e. The van der Waals surface area contributed by atoms with E-state index in [1.807, 2.05) is 0 Å². The third-order valence-electron chi connectivity index (χ3n) is 4.66. The van der Waals surface area contributed by atoms with Crippen molar-refractivity contribution in [1.29, 1.82) is 0 Å². The molecule has 0 amide bonds. The van der Waals surface area contributed by atoms with Crippen LogP contribution >= 0.6 is 0 Å². The first-order valence-electron chi connectivity index (χ1n) is 7.83. The highest BCUT2D eigenvalue weighted by Crippen LogP contribution is 2.50. The van der Waals surface area contributed by atoms with Gasteiger partial charge in [-0.25, -0.2) is 13.2 Å². The molecule has 0 spiro atoms. The number of rotatable bonds is 3. The Hall–Kier alpha value is -2.77. The molecule has 1 saturated carbocycles. The van der Waals surface area contributed by atoms with Crippen LogP contribution in [-0.4, -0.2) is 27.3 Å². The molecule has 1 unspecified atom stereocenters. The Morgan fingerprint density at radius 3 is 2.76 bits per heavy atom. The molecule has 0 radical (unpaired) electrons. The van der Waals surface area contributed by atoms with E-state index in [-0.39, 0.29) is 25.3 Å². The summed E-state index contributed by atoms with van der Waals surface area (Å²) in [5.74, 6) is -2.43. The van der Waals surface area contributed by atoms with E-state index in [9.17, 15) is 13.2 Å². The van der Waals surface area contributed by atoms with E-state index in [2.05, 4.69) is 10.2 Å². The lowest BCUT2D eigenvalue weighted by molar-refractivity contribution is 0.0984. The summed E-state index contributed by atoms with van der Waals surface area (Å²) in [6, 6.07) is 6.72. The lowest BCUT2D eigenvalue weighted by atomic mass is 10.1. The predicted molar refractivity (Wildman–Crippen MR) is 81.3 cm³/mol. The second kappa shape index (κ2) is 4.87. The summed E-state index contributed by atoms with van der Waals surface area (Å²) >= 11 is 0. The Morgan fingerprint density at radius 2 is 1.96 bits per heavy atom. The van der Waals surface area contributed by atoms with Gasteiger partial charge in [0, 0.05) is 30.5 Å². The Kier molecular flexibility index (Phi) is 2.84. The molecule has 25 heavy (non-hydrogen) atoms. The summed E-state index contributed by atoms with van der Waals surface area (Å²) in [5, 5.41) is 7.73. The molecular formula is C17H12F3N3O2. The monoisotopic (exact) mass is 347 g/mol. The van der Waals surface area contributed by atoms with E-state index >= 15 is 0 Å². The number of benzene rings is 1. The van der Waals surface area contributed by atoms with Crippen LogP contribution in [0.3, 0.4) is 0 Å². The molecule has 2 aromatic heterocycles. The molecule has 1 aromatic carbocycles. The molecule has 3 heterocycles. The van der Waals surface area contributed by atoms with E-state index in [0.717, 1.165) is 0 Å². The number of ether oxygens (including phenoxy) is 2. The topological polar surface area (TPSA) is 48.7 Å². The Morgan fingerprint density at radius 1 is 1.16 bits per heavy atom. The van der Waals surface area contributed by atoms with Gasteiger partial charge in [0.15, 0.2) is 23.0 Å². The van der Waals surface area contributed by atoms with Crippen molar-refractivity contribution in [3.8, 4) is 22.6 Å². The minimum absolute atomic E-state index is 0.0223. The Bertz CT molecular complexity index is 1000. The second-order valence-corrected chi connectivity index (χ2v) is 6.29. The molecule has 5 rings (SSSR count). The van der Waals surface area contributed by atoms with Crippen LogP contribution in [0.4, 0.5) is 13.2 Å². The van der Waals surface area contributed by atoms with Crippen molar-refractivity contribution in [1.82, 2.24) is 14.6 Å². The minimum atomic E-state index is -2.64. The molecular weight excluding hydrogens is 335 g/mol. The molecule has 1 aliphatic heterocycles. The van der Waals surface area contributed by atoms with Crippen LogP contribution in [-0.2, 0) is 6.42 Å². The zero-order valence-corrected chi connectivity index (χ0v) is 12.9. The number of hydrogen-bond acceptors (Lipinski definition) is 4. The fraction of sp³-hybridized carbons (Fsp3) is 0.294. The third kappa shape index (κ3) is 2.24. The molecule has 0 N–H and O–H groups in total. The van der Waals surface area contributed by atoms with Crippen molar-refractivity contribution in [2.45, 2.75) is 18.8 Å². The summed E-state index contributed by atoms with van der Waals surface area (Å²) < 4.78 is 53.1. The molecule has 3 aromatic rings. The van der Waals surface area contributed by atoms with Crippen LogP contribution in [0.25, 0.3) is 16.8 Å². The maximum Gasteiger partial charge on any atom is 0.252 e. The first-order valence-corrected chi connectivity index (χ1v) is 7.83. The second-order valence-electron chi connectivity index (χ2n) is 6.29. The highest BCUT2D eigenvalue weighted by molar-refractivity contribution is 5.71. The summed E-state index contributed by atoms with van der Waals surface area (Å²) in [5.41, 5.74) is 0.971. The number of halogens is 3. The van der Waals surface area contributed by atoms with Crippen LogP contribution in [0.1, 0.15) is 12.2 Å². The van der Waals surface area contributed by atoms with E-state index < -0.39 is 17.7 Å². The Balaban J connectivity index is 1.54. The lowest BCUT2D eigenvalue weighted by Crippen LogP contribution is -2.02. The molecule has 5 nitrogen and oxygen atoms in total. The number of aromatic nitrogens is 3. The molecule has 1 atom stereocenters. The number of hydrogen-bond donors (Lipinski definition) is 0. The van der Waals surface area contributed by atoms with Gasteiger partial charge in [0.1, 0.15) is 5.82 Å². The van der Waals surface area contributed by atoms with Crippen LogP contribution < -0.4 is 9.47 Å². The van der Waals surface area contributed by atoms with Gasteiger partial charge in [0.2, 0.25) is 6.79 Å². The fourth-order valence-corrected chi connectivity index (χ4v) is 3.11. The average molecular weight is 347 g/mol. The number of fused-ring (bicyclic) bond motifs is 2. The lowest BCUT2D eigenvalue weighted by Gasteiger charge is -2.07. The molecule has 1 fully saturated rings. The minimum Gasteiger partial charge on any atom is -0.454 e. The number of nitrogens with zero attached hydrogens (tertiary/aromatic N) is 3. The maximum absolute atomic E-state index is 14.9. The van der Waals surface area contributed by atoms with Crippen molar-refractivity contribution in [3.05, 3.63) is 42.1 Å². The molecule has 1 aliphatic carbocycles. The van der Waals surface area contributed by atoms with Gasteiger partial charge in [-0.2, -0.15) is 0 Å². The zero-order valence-electron chi connectivity index (χ0n) is 12.9. The van der Waals surface area contributed by atoms with Gasteiger partial charge >= 0.3 is 0 Å². The quantitative estimate of drug-likeness (QED) is 0.728. The van der Waals surface area contributed by atoms with E-state index in [1.54, 1.807) is 30.5 Å². The normalized spacial score (nSPS) is 20.2. The largest absolute Gasteiger partial charge is 0.454 e. The van der Waals surface area contributed by atoms with E-state index in [4.69, 9.17) is 9.47 Å². The molecule has 8 heteroatoms. The standard InChI is InChI=1S/C17H12F3N3O2/c18-15-11(9-1-2-12-13(5-9)25-8-24-12)3-4-23-14(21-22-16(15)23)6-10-7-17(10,19)20/h1-5,10H,6-8H2. The van der Waals surface area contributed by atoms with Gasteiger partial charge in [-0.1, -0.05) is 6.07 Å². The molecule has 0 bridgehead atoms. The van der Waals surface area contributed by atoms with Crippen molar-refractivity contribution >= 4 is 5.65 Å². The van der Waals surface area contributed by atoms with Crippen molar-refractivity contribution in [2.75, 3.05) is 6.79 Å². The van der Waals surface area contributed by atoms with Crippen LogP contribution in [0.5, 0.6) is 11.5 Å². The van der Waals surface area contributed by atoms with Crippen molar-refractivity contribution < 1.29 is 22.6 Å². The van der Waals surface area contributed by atoms with Gasteiger partial charge in [0.25, 0.3) is 5.92 Å². The van der Waals surface area contributed by atoms with Gasteiger partial charge in [0.05, 0.1) is 0 Å². The predicted octanol–water partition coefficient (Wildman–Crippen LogP) is 3.46. The van der Waals surface area contributed by atoms with E-state index in [1.165, 1.54) is 4.40 Å². The maximum atomic E-state index is 14.9. The highest BCUT2D eigenvalue weighted by Gasteiger charge is 2.56. The van der Waals surface area contributed by atoms with Crippen LogP contribution in [0.2, 0.25) is 0 Å². The van der Waals surface area contributed by atoms with Crippen molar-refractivity contribution in [3.63, 3.8) is 0 Å². The zero-order chi connectivity index (χ0) is 17.2. The number of pyridine rings is 1. The van der Waals surface area contributed by atoms with Gasteiger partial charge < -0.3 is 9.47 Å². The van der Waals surface area contributed by atoms with Gasteiger partial charge in [-0.3, -0.25) is 4.40 Å². The van der Waals surface area contributed by atoms with Gasteiger partial charge in [-0.15, -0.1) is 10.2 Å². The first kappa shape index (κ1) is 14.6. The third-order valence-corrected chi connectivity index (χ3v) is 4.66. The number of alkyl halides is 2. The van der Waals surface area contributed by atoms with Crippen LogP contribution in [0, 0.1) is 11.7 Å².